The molecule has 0 N–H and O–H groups in total. The molecule has 1 saturated heterocycles. The van der Waals surface area contributed by atoms with Gasteiger partial charge in [-0.3, -0.25) is 4.79 Å². The largest absolute Gasteiger partial charge is 0.497 e. The number of amides is 1. The molecule has 4 rings (SSSR count). The third kappa shape index (κ3) is 9.84. The minimum atomic E-state index is -1.29. The topological polar surface area (TPSA) is 93.5 Å². The number of methoxy groups -OCH3 is 2. The Morgan fingerprint density at radius 1 is 0.880 bits per heavy atom. The van der Waals surface area contributed by atoms with Crippen molar-refractivity contribution in [3.63, 3.8) is 0 Å². The summed E-state index contributed by atoms with van der Waals surface area (Å²) in [7, 11) is 2.03. The molecule has 1 unspecified atom stereocenters. The Morgan fingerprint density at radius 3 is 1.82 bits per heavy atom. The lowest BCUT2D eigenvalue weighted by molar-refractivity contribution is -0.133. The number of likely N-dealkylation sites (tertiary alicyclic amines) is 1. The Morgan fingerprint density at radius 2 is 1.38 bits per heavy atom. The standard InChI is InChI=1S/C40H54N3O6P/c1-8-47-40(34-15-19-36(45-6)20-16-34,35-17-21-37(46-7)22-18-35)33-13-10-32(11-14-33)12-23-39(44)42-27-24-38(25-28-42)49-50(48-29-9-26-41)43(30(2)3)31(4)5/h10-11,13-22,30-31,38H,8-9,12,23-25,27-29H2,1-7H3. The van der Waals surface area contributed by atoms with E-state index in [4.69, 9.17) is 28.5 Å². The number of hydrogen-bond donors (Lipinski definition) is 0. The van der Waals surface area contributed by atoms with E-state index in [1.165, 1.54) is 0 Å². The van der Waals surface area contributed by atoms with Crippen molar-refractivity contribution in [2.45, 2.75) is 90.5 Å². The van der Waals surface area contributed by atoms with Crippen molar-refractivity contribution >= 4 is 14.4 Å². The first kappa shape index (κ1) is 39.3. The summed E-state index contributed by atoms with van der Waals surface area (Å²) < 4.78 is 32.4. The molecule has 3 aromatic rings. The van der Waals surface area contributed by atoms with Crippen molar-refractivity contribution in [3.05, 3.63) is 95.1 Å². The van der Waals surface area contributed by atoms with Crippen molar-refractivity contribution in [1.29, 1.82) is 5.26 Å². The highest BCUT2D eigenvalue weighted by Gasteiger charge is 2.38. The zero-order chi connectivity index (χ0) is 36.1. The van der Waals surface area contributed by atoms with Crippen LogP contribution in [0.15, 0.2) is 72.8 Å². The fraction of sp³-hybridized carbons (Fsp3) is 0.500. The first-order chi connectivity index (χ1) is 24.2. The number of nitrogens with zero attached hydrogens (tertiary/aromatic N) is 3. The third-order valence-electron chi connectivity index (χ3n) is 9.04. The highest BCUT2D eigenvalue weighted by molar-refractivity contribution is 7.44. The van der Waals surface area contributed by atoms with Gasteiger partial charge in [-0.15, -0.1) is 0 Å². The summed E-state index contributed by atoms with van der Waals surface area (Å²) in [6.07, 6.45) is 2.97. The van der Waals surface area contributed by atoms with Crippen molar-refractivity contribution in [3.8, 4) is 17.6 Å². The molecule has 0 spiro atoms. The molecule has 0 bridgehead atoms. The Kier molecular flexibility index (Phi) is 15.1. The van der Waals surface area contributed by atoms with E-state index < -0.39 is 14.1 Å². The molecule has 0 saturated carbocycles. The number of nitriles is 1. The van der Waals surface area contributed by atoms with Crippen LogP contribution >= 0.6 is 8.53 Å². The van der Waals surface area contributed by atoms with Gasteiger partial charge in [0.25, 0.3) is 8.53 Å². The van der Waals surface area contributed by atoms with Crippen LogP contribution < -0.4 is 9.47 Å². The van der Waals surface area contributed by atoms with Gasteiger partial charge in [0.2, 0.25) is 5.91 Å². The molecular formula is C40H54N3O6P. The number of piperidine rings is 1. The fourth-order valence-corrected chi connectivity index (χ4v) is 8.34. The smallest absolute Gasteiger partial charge is 0.259 e. The predicted octanol–water partition coefficient (Wildman–Crippen LogP) is 8.25. The Labute approximate surface area is 300 Å². The zero-order valence-electron chi connectivity index (χ0n) is 30.8. The van der Waals surface area contributed by atoms with Crippen LogP contribution in [0.2, 0.25) is 0 Å². The van der Waals surface area contributed by atoms with Crippen molar-refractivity contribution in [1.82, 2.24) is 9.57 Å². The SMILES string of the molecule is CCOC(c1ccc(CCC(=O)N2CCC(OP(OCCC#N)N(C(C)C)C(C)C)CC2)cc1)(c1ccc(OC)cc1)c1ccc(OC)cc1. The zero-order valence-corrected chi connectivity index (χ0v) is 31.7. The van der Waals surface area contributed by atoms with Gasteiger partial charge < -0.3 is 28.2 Å². The number of hydrogen-bond acceptors (Lipinski definition) is 8. The Bertz CT molecular complexity index is 1440. The lowest BCUT2D eigenvalue weighted by atomic mass is 9.79. The normalized spacial score (nSPS) is 14.6. The molecule has 3 aromatic carbocycles. The van der Waals surface area contributed by atoms with Gasteiger partial charge in [-0.1, -0.05) is 48.5 Å². The summed E-state index contributed by atoms with van der Waals surface area (Å²) >= 11 is 0. The number of aryl methyl sites for hydroxylation is 1. The van der Waals surface area contributed by atoms with E-state index >= 15 is 0 Å². The monoisotopic (exact) mass is 703 g/mol. The number of carbonyl (C=O) groups is 1. The molecule has 1 fully saturated rings. The van der Waals surface area contributed by atoms with Gasteiger partial charge >= 0.3 is 0 Å². The number of carbonyl (C=O) groups excluding carboxylic acids is 1. The molecule has 0 aromatic heterocycles. The fourth-order valence-electron chi connectivity index (χ4n) is 6.57. The average Bonchev–Trinajstić information content (AvgIpc) is 3.13. The van der Waals surface area contributed by atoms with Crippen LogP contribution in [0.5, 0.6) is 11.5 Å². The van der Waals surface area contributed by atoms with E-state index in [9.17, 15) is 4.79 Å². The van der Waals surface area contributed by atoms with Gasteiger partial charge in [-0.25, -0.2) is 4.67 Å². The van der Waals surface area contributed by atoms with Crippen molar-refractivity contribution < 1.29 is 28.1 Å². The third-order valence-corrected chi connectivity index (χ3v) is 11.2. The van der Waals surface area contributed by atoms with Gasteiger partial charge in [-0.05, 0) is 100 Å². The van der Waals surface area contributed by atoms with E-state index in [-0.39, 0.29) is 24.1 Å². The summed E-state index contributed by atoms with van der Waals surface area (Å²) in [5.74, 6) is 1.72. The molecule has 0 aliphatic carbocycles. The second kappa shape index (κ2) is 19.2. The lowest BCUT2D eigenvalue weighted by Gasteiger charge is -2.39. The minimum absolute atomic E-state index is 0.0156. The van der Waals surface area contributed by atoms with E-state index in [1.807, 2.05) is 60.4 Å². The highest BCUT2D eigenvalue weighted by atomic mass is 31.2. The van der Waals surface area contributed by atoms with E-state index in [1.54, 1.807) is 14.2 Å². The highest BCUT2D eigenvalue weighted by Crippen LogP contribution is 2.48. The molecule has 1 aliphatic rings. The Hall–Kier alpha value is -3.51. The van der Waals surface area contributed by atoms with Crippen LogP contribution in [0, 0.1) is 11.3 Å². The second-order valence-corrected chi connectivity index (χ2v) is 14.4. The minimum Gasteiger partial charge on any atom is -0.497 e. The van der Waals surface area contributed by atoms with Crippen molar-refractivity contribution in [2.75, 3.05) is 40.5 Å². The van der Waals surface area contributed by atoms with Gasteiger partial charge in [0.15, 0.2) is 0 Å². The van der Waals surface area contributed by atoms with E-state index in [2.05, 4.69) is 62.7 Å². The molecule has 0 radical (unpaired) electrons. The van der Waals surface area contributed by atoms with Crippen LogP contribution in [0.1, 0.15) is 82.6 Å². The lowest BCUT2D eigenvalue weighted by Crippen LogP contribution is -2.41. The predicted molar refractivity (Wildman–Crippen MR) is 198 cm³/mol. The quantitative estimate of drug-likeness (QED) is 0.0743. The maximum absolute atomic E-state index is 13.3. The average molecular weight is 704 g/mol. The van der Waals surface area contributed by atoms with Gasteiger partial charge in [0, 0.05) is 38.2 Å². The molecule has 1 heterocycles. The summed E-state index contributed by atoms with van der Waals surface area (Å²) in [4.78, 5) is 15.3. The van der Waals surface area contributed by atoms with Crippen LogP contribution in [0.3, 0.4) is 0 Å². The molecular weight excluding hydrogens is 649 g/mol. The Balaban J connectivity index is 1.42. The van der Waals surface area contributed by atoms with Gasteiger partial charge in [0.05, 0.1) is 39.4 Å². The molecule has 1 aliphatic heterocycles. The summed E-state index contributed by atoms with van der Waals surface area (Å²) in [5, 5.41) is 9.01. The van der Waals surface area contributed by atoms with Gasteiger partial charge in [0.1, 0.15) is 17.1 Å². The van der Waals surface area contributed by atoms with Crippen LogP contribution in [-0.4, -0.2) is 74.2 Å². The second-order valence-electron chi connectivity index (χ2n) is 13.0. The van der Waals surface area contributed by atoms with Crippen molar-refractivity contribution in [2.24, 2.45) is 0 Å². The van der Waals surface area contributed by atoms with E-state index in [0.29, 0.717) is 45.6 Å². The molecule has 50 heavy (non-hydrogen) atoms. The van der Waals surface area contributed by atoms with Crippen LogP contribution in [0.4, 0.5) is 0 Å². The molecule has 10 heteroatoms. The van der Waals surface area contributed by atoms with E-state index in [0.717, 1.165) is 46.6 Å². The van der Waals surface area contributed by atoms with Crippen LogP contribution in [0.25, 0.3) is 0 Å². The first-order valence-electron chi connectivity index (χ1n) is 17.7. The molecule has 1 atom stereocenters. The molecule has 270 valence electrons. The number of ether oxygens (including phenoxy) is 3. The summed E-state index contributed by atoms with van der Waals surface area (Å²) in [6, 6.07) is 27.1. The molecule has 1 amide bonds. The van der Waals surface area contributed by atoms with Crippen LogP contribution in [-0.2, 0) is 30.6 Å². The summed E-state index contributed by atoms with van der Waals surface area (Å²) in [6.45, 7) is 12.7. The molecule has 9 nitrogen and oxygen atoms in total. The number of benzene rings is 3. The first-order valence-corrected chi connectivity index (χ1v) is 18.8. The number of rotatable bonds is 18. The maximum Gasteiger partial charge on any atom is 0.259 e. The maximum atomic E-state index is 13.3. The van der Waals surface area contributed by atoms with Gasteiger partial charge in [-0.2, -0.15) is 5.26 Å². The summed E-state index contributed by atoms with van der Waals surface area (Å²) in [5.41, 5.74) is 3.22.